The molecule has 0 aromatic rings. The Morgan fingerprint density at radius 2 is 0.740 bits per heavy atom. The van der Waals surface area contributed by atoms with Gasteiger partial charge in [-0.2, -0.15) is 0 Å². The van der Waals surface area contributed by atoms with Gasteiger partial charge in [-0.25, -0.2) is 4.79 Å². The second-order valence-electron chi connectivity index (χ2n) is 22.8. The summed E-state index contributed by atoms with van der Waals surface area (Å²) in [6.45, 7) is 6.03. The van der Waals surface area contributed by atoms with Crippen molar-refractivity contribution in [3.8, 4) is 0 Å². The molecular weight excluding hydrogens is 973 g/mol. The fourth-order valence-corrected chi connectivity index (χ4v) is 10.3. The highest BCUT2D eigenvalue weighted by molar-refractivity contribution is 5.74. The van der Waals surface area contributed by atoms with E-state index in [9.17, 15) is 34.5 Å². The van der Waals surface area contributed by atoms with Crippen LogP contribution in [0.3, 0.4) is 0 Å². The first kappa shape index (κ1) is 72.5. The van der Waals surface area contributed by atoms with Crippen LogP contribution in [0.15, 0.2) is 12.2 Å². The number of carboxylic acid groups (broad SMARTS) is 1. The van der Waals surface area contributed by atoms with Crippen LogP contribution >= 0.6 is 0 Å². The van der Waals surface area contributed by atoms with Crippen LogP contribution in [0.1, 0.15) is 329 Å². The van der Waals surface area contributed by atoms with Gasteiger partial charge in [0.25, 0.3) is 0 Å². The monoisotopic (exact) mass is 1090 g/mol. The Bertz CT molecular complexity index is 1390. The molecule has 0 aromatic heterocycles. The van der Waals surface area contributed by atoms with Gasteiger partial charge in [0.05, 0.1) is 6.61 Å². The first-order valence-corrected chi connectivity index (χ1v) is 32.7. The summed E-state index contributed by atoms with van der Waals surface area (Å²) >= 11 is 0. The van der Waals surface area contributed by atoms with Gasteiger partial charge in [-0.05, 0) is 44.9 Å². The number of esters is 3. The van der Waals surface area contributed by atoms with Crippen LogP contribution in [0.25, 0.3) is 0 Å². The Labute approximate surface area is 471 Å². The number of carbonyl (C=O) groups excluding carboxylic acids is 3. The van der Waals surface area contributed by atoms with Crippen molar-refractivity contribution in [1.82, 2.24) is 0 Å². The maximum Gasteiger partial charge on any atom is 0.335 e. The minimum absolute atomic E-state index is 0.0683. The zero-order chi connectivity index (χ0) is 56.1. The predicted octanol–water partition coefficient (Wildman–Crippen LogP) is 17.2. The lowest BCUT2D eigenvalue weighted by molar-refractivity contribution is -0.301. The summed E-state index contributed by atoms with van der Waals surface area (Å²) in [6, 6.07) is 0. The van der Waals surface area contributed by atoms with Gasteiger partial charge in [0, 0.05) is 19.3 Å². The number of hydrogen-bond donors (Lipinski definition) is 3. The Balaban J connectivity index is 2.62. The summed E-state index contributed by atoms with van der Waals surface area (Å²) in [4.78, 5) is 51.3. The zero-order valence-corrected chi connectivity index (χ0v) is 50.0. The molecule has 0 radical (unpaired) electrons. The number of aliphatic carboxylic acids is 1. The number of carbonyl (C=O) groups is 4. The first-order chi connectivity index (χ1) is 37.6. The highest BCUT2D eigenvalue weighted by atomic mass is 16.7. The molecule has 0 aliphatic carbocycles. The summed E-state index contributed by atoms with van der Waals surface area (Å²) in [7, 11) is 0. The molecule has 0 saturated carbocycles. The van der Waals surface area contributed by atoms with E-state index in [0.717, 1.165) is 77.0 Å². The Hall–Kier alpha value is -2.54. The molecule has 1 aliphatic rings. The third-order valence-electron chi connectivity index (χ3n) is 15.3. The molecule has 12 nitrogen and oxygen atoms in total. The van der Waals surface area contributed by atoms with E-state index in [-0.39, 0.29) is 25.9 Å². The fraction of sp³-hybridized carbons (Fsp3) is 0.908. The van der Waals surface area contributed by atoms with Crippen LogP contribution in [0.5, 0.6) is 0 Å². The molecule has 1 saturated heterocycles. The van der Waals surface area contributed by atoms with Crippen molar-refractivity contribution in [3.63, 3.8) is 0 Å². The Morgan fingerprint density at radius 1 is 0.416 bits per heavy atom. The average molecular weight is 1090 g/mol. The summed E-state index contributed by atoms with van der Waals surface area (Å²) < 4.78 is 28.5. The molecule has 452 valence electrons. The van der Waals surface area contributed by atoms with Gasteiger partial charge in [0.2, 0.25) is 0 Å². The van der Waals surface area contributed by atoms with Crippen LogP contribution in [0.4, 0.5) is 0 Å². The van der Waals surface area contributed by atoms with Crippen LogP contribution in [0, 0.1) is 0 Å². The lowest BCUT2D eigenvalue weighted by Gasteiger charge is -2.40. The number of carboxylic acids is 1. The molecule has 1 fully saturated rings. The van der Waals surface area contributed by atoms with Crippen LogP contribution in [0.2, 0.25) is 0 Å². The van der Waals surface area contributed by atoms with Crippen molar-refractivity contribution >= 4 is 23.9 Å². The molecular formula is C65H120O12. The van der Waals surface area contributed by atoms with E-state index in [4.69, 9.17) is 23.7 Å². The summed E-state index contributed by atoms with van der Waals surface area (Å²) in [5, 5.41) is 31.6. The molecule has 0 aromatic carbocycles. The molecule has 0 amide bonds. The van der Waals surface area contributed by atoms with Crippen LogP contribution in [-0.2, 0) is 42.9 Å². The second-order valence-corrected chi connectivity index (χ2v) is 22.8. The first-order valence-electron chi connectivity index (χ1n) is 32.7. The van der Waals surface area contributed by atoms with E-state index in [0.29, 0.717) is 19.3 Å². The predicted molar refractivity (Wildman–Crippen MR) is 313 cm³/mol. The van der Waals surface area contributed by atoms with Crippen molar-refractivity contribution in [1.29, 1.82) is 0 Å². The van der Waals surface area contributed by atoms with E-state index in [1.165, 1.54) is 193 Å². The van der Waals surface area contributed by atoms with Crippen molar-refractivity contribution in [2.75, 3.05) is 13.2 Å². The van der Waals surface area contributed by atoms with Crippen molar-refractivity contribution in [2.45, 2.75) is 366 Å². The topological polar surface area (TPSA) is 175 Å². The summed E-state index contributed by atoms with van der Waals surface area (Å²) in [5.74, 6) is -3.08. The average Bonchev–Trinajstić information content (AvgIpc) is 3.42. The maximum atomic E-state index is 13.2. The SMILES string of the molecule is CCCCCC/C=C\CCCCCCCC(=O)OC(COC(=O)CCCCCCCCCCCCCCCCCCC)COC1OC(C(=O)O)C(O)C(O)C1OC(=O)CCCCCCCCCCCCCCCCCCC. The highest BCUT2D eigenvalue weighted by Crippen LogP contribution is 2.27. The molecule has 1 rings (SSSR count). The fourth-order valence-electron chi connectivity index (χ4n) is 10.3. The van der Waals surface area contributed by atoms with Gasteiger partial charge in [0.1, 0.15) is 18.8 Å². The maximum absolute atomic E-state index is 13.2. The molecule has 0 spiro atoms. The van der Waals surface area contributed by atoms with Gasteiger partial charge in [-0.15, -0.1) is 0 Å². The van der Waals surface area contributed by atoms with Crippen LogP contribution < -0.4 is 0 Å². The molecule has 6 atom stereocenters. The number of aliphatic hydroxyl groups excluding tert-OH is 2. The molecule has 12 heteroatoms. The largest absolute Gasteiger partial charge is 0.479 e. The van der Waals surface area contributed by atoms with Gasteiger partial charge in [-0.3, -0.25) is 14.4 Å². The number of rotatable bonds is 57. The lowest BCUT2D eigenvalue weighted by atomic mass is 9.98. The second kappa shape index (κ2) is 54.1. The minimum atomic E-state index is -1.90. The zero-order valence-electron chi connectivity index (χ0n) is 50.0. The summed E-state index contributed by atoms with van der Waals surface area (Å²) in [6.07, 6.45) is 48.9. The Kier molecular flexibility index (Phi) is 50.9. The molecule has 77 heavy (non-hydrogen) atoms. The number of hydrogen-bond acceptors (Lipinski definition) is 11. The number of ether oxygens (including phenoxy) is 5. The number of allylic oxidation sites excluding steroid dienone is 2. The third kappa shape index (κ3) is 43.9. The number of unbranched alkanes of at least 4 members (excludes halogenated alkanes) is 41. The van der Waals surface area contributed by atoms with Gasteiger partial charge in [0.15, 0.2) is 24.6 Å². The van der Waals surface area contributed by atoms with Crippen molar-refractivity contribution < 1.29 is 58.2 Å². The minimum Gasteiger partial charge on any atom is -0.479 e. The molecule has 0 bridgehead atoms. The molecule has 6 unspecified atom stereocenters. The quantitative estimate of drug-likeness (QED) is 0.0228. The normalized spacial score (nSPS) is 18.0. The number of aliphatic hydroxyl groups is 2. The van der Waals surface area contributed by atoms with E-state index in [2.05, 4.69) is 32.9 Å². The highest BCUT2D eigenvalue weighted by Gasteiger charge is 2.50. The van der Waals surface area contributed by atoms with Gasteiger partial charge >= 0.3 is 23.9 Å². The van der Waals surface area contributed by atoms with Gasteiger partial charge in [-0.1, -0.05) is 277 Å². The van der Waals surface area contributed by atoms with Crippen molar-refractivity contribution in [2.24, 2.45) is 0 Å². The standard InChI is InChI=1S/C65H120O12/c1-4-7-10-13-16-19-22-25-27-29-31-34-36-39-42-45-48-51-57(66)73-54-56(75-58(67)52-49-46-43-40-37-33-24-21-18-15-12-9-6-3)55-74-65-63(61(70)60(69)62(77-65)64(71)72)76-59(68)53-50-47-44-41-38-35-32-30-28-26-23-20-17-14-11-8-5-2/h21,24,56,60-63,65,69-70H,4-20,22-23,25-55H2,1-3H3,(H,71,72)/b24-21-. The lowest BCUT2D eigenvalue weighted by Crippen LogP contribution is -2.61. The molecule has 3 N–H and O–H groups in total. The molecule has 1 aliphatic heterocycles. The van der Waals surface area contributed by atoms with E-state index < -0.39 is 67.3 Å². The smallest absolute Gasteiger partial charge is 0.335 e. The Morgan fingerprint density at radius 3 is 1.12 bits per heavy atom. The van der Waals surface area contributed by atoms with Crippen LogP contribution in [-0.4, -0.2) is 89.2 Å². The van der Waals surface area contributed by atoms with E-state index >= 15 is 0 Å². The van der Waals surface area contributed by atoms with Crippen molar-refractivity contribution in [3.05, 3.63) is 12.2 Å². The third-order valence-corrected chi connectivity index (χ3v) is 15.3. The molecule has 1 heterocycles. The van der Waals surface area contributed by atoms with E-state index in [1.54, 1.807) is 0 Å². The van der Waals surface area contributed by atoms with Gasteiger partial charge < -0.3 is 39.0 Å². The summed E-state index contributed by atoms with van der Waals surface area (Å²) in [5.41, 5.74) is 0. The van der Waals surface area contributed by atoms with E-state index in [1.807, 2.05) is 0 Å².